The number of amides is 1. The Balaban J connectivity index is 1.78. The second kappa shape index (κ2) is 7.82. The Morgan fingerprint density at radius 2 is 1.82 bits per heavy atom. The van der Waals surface area contributed by atoms with Crippen molar-refractivity contribution < 1.29 is 4.79 Å². The van der Waals surface area contributed by atoms with Gasteiger partial charge in [-0.25, -0.2) is 9.50 Å². The Hall–Kier alpha value is -3.18. The van der Waals surface area contributed by atoms with Gasteiger partial charge < -0.3 is 4.90 Å². The zero-order valence-corrected chi connectivity index (χ0v) is 16.2. The monoisotopic (exact) mass is 390 g/mol. The third kappa shape index (κ3) is 3.37. The molecule has 0 aliphatic rings. The molecule has 2 aromatic carbocycles. The Kier molecular flexibility index (Phi) is 5.08. The summed E-state index contributed by atoms with van der Waals surface area (Å²) < 4.78 is 1.61. The van der Waals surface area contributed by atoms with Crippen LogP contribution in [0.5, 0.6) is 0 Å². The van der Waals surface area contributed by atoms with E-state index in [9.17, 15) is 4.79 Å². The number of halogens is 1. The van der Waals surface area contributed by atoms with Crippen molar-refractivity contribution in [2.75, 3.05) is 11.4 Å². The van der Waals surface area contributed by atoms with E-state index in [1.807, 2.05) is 54.6 Å². The van der Waals surface area contributed by atoms with Crippen molar-refractivity contribution in [3.63, 3.8) is 0 Å². The maximum atomic E-state index is 13.4. The normalized spacial score (nSPS) is 10.9. The van der Waals surface area contributed by atoms with Gasteiger partial charge in [0.15, 0.2) is 5.65 Å². The number of carbonyl (C=O) groups excluding carboxylic acids is 1. The molecule has 140 valence electrons. The van der Waals surface area contributed by atoms with Gasteiger partial charge >= 0.3 is 0 Å². The van der Waals surface area contributed by atoms with Gasteiger partial charge in [-0.1, -0.05) is 48.9 Å². The van der Waals surface area contributed by atoms with Crippen LogP contribution in [0.25, 0.3) is 16.8 Å². The van der Waals surface area contributed by atoms with Crippen molar-refractivity contribution in [3.8, 4) is 11.1 Å². The van der Waals surface area contributed by atoms with Crippen molar-refractivity contribution in [1.29, 1.82) is 0 Å². The highest BCUT2D eigenvalue weighted by Gasteiger charge is 2.21. The molecule has 0 bridgehead atoms. The maximum absolute atomic E-state index is 13.4. The molecule has 0 spiro atoms. The van der Waals surface area contributed by atoms with Gasteiger partial charge in [0.2, 0.25) is 0 Å². The molecular weight excluding hydrogens is 372 g/mol. The number of nitrogens with zero attached hydrogens (tertiary/aromatic N) is 4. The van der Waals surface area contributed by atoms with Crippen LogP contribution in [0.1, 0.15) is 23.8 Å². The van der Waals surface area contributed by atoms with Crippen molar-refractivity contribution in [2.24, 2.45) is 0 Å². The molecule has 0 fully saturated rings. The second-order valence-corrected chi connectivity index (χ2v) is 6.86. The second-order valence-electron chi connectivity index (χ2n) is 6.42. The van der Waals surface area contributed by atoms with E-state index in [1.54, 1.807) is 27.9 Å². The standard InChI is InChI=1S/C22H19ClN4O/c1-2-14-26(18-6-4-3-5-7-18)22(28)20-12-13-24-21-19(15-25-27(20)21)16-8-10-17(23)11-9-16/h3-13,15H,2,14H2,1H3. The fourth-order valence-electron chi connectivity index (χ4n) is 3.20. The molecule has 0 N–H and O–H groups in total. The topological polar surface area (TPSA) is 50.5 Å². The zero-order valence-electron chi connectivity index (χ0n) is 15.4. The van der Waals surface area contributed by atoms with Crippen molar-refractivity contribution in [2.45, 2.75) is 13.3 Å². The summed E-state index contributed by atoms with van der Waals surface area (Å²) in [7, 11) is 0. The van der Waals surface area contributed by atoms with Gasteiger partial charge in [0, 0.05) is 29.0 Å². The average Bonchev–Trinajstić information content (AvgIpc) is 3.17. The van der Waals surface area contributed by atoms with E-state index in [0.29, 0.717) is 22.9 Å². The highest BCUT2D eigenvalue weighted by molar-refractivity contribution is 6.30. The first-order chi connectivity index (χ1) is 13.7. The Bertz CT molecular complexity index is 1110. The number of benzene rings is 2. The molecule has 0 aliphatic heterocycles. The Morgan fingerprint density at radius 1 is 1.07 bits per heavy atom. The van der Waals surface area contributed by atoms with E-state index < -0.39 is 0 Å². The fraction of sp³-hybridized carbons (Fsp3) is 0.136. The van der Waals surface area contributed by atoms with E-state index in [-0.39, 0.29) is 5.91 Å². The van der Waals surface area contributed by atoms with Crippen molar-refractivity contribution in [3.05, 3.63) is 83.8 Å². The molecule has 1 amide bonds. The SMILES string of the molecule is CCCN(C(=O)c1ccnc2c(-c3ccc(Cl)cc3)cnn12)c1ccccc1. The summed E-state index contributed by atoms with van der Waals surface area (Å²) in [5.41, 5.74) is 3.78. The van der Waals surface area contributed by atoms with Gasteiger partial charge in [0.25, 0.3) is 5.91 Å². The van der Waals surface area contributed by atoms with E-state index >= 15 is 0 Å². The average molecular weight is 391 g/mol. The largest absolute Gasteiger partial charge is 0.307 e. The van der Waals surface area contributed by atoms with Crippen LogP contribution in [0.15, 0.2) is 73.1 Å². The molecule has 4 rings (SSSR count). The minimum Gasteiger partial charge on any atom is -0.307 e. The lowest BCUT2D eigenvalue weighted by Gasteiger charge is -2.22. The summed E-state index contributed by atoms with van der Waals surface area (Å²) in [4.78, 5) is 19.6. The lowest BCUT2D eigenvalue weighted by Crippen LogP contribution is -2.33. The van der Waals surface area contributed by atoms with Crippen LogP contribution in [0, 0.1) is 0 Å². The van der Waals surface area contributed by atoms with Crippen LogP contribution < -0.4 is 4.90 Å². The molecule has 0 unspecified atom stereocenters. The quantitative estimate of drug-likeness (QED) is 0.476. The summed E-state index contributed by atoms with van der Waals surface area (Å²) in [5, 5.41) is 5.12. The van der Waals surface area contributed by atoms with E-state index in [1.165, 1.54) is 0 Å². The first-order valence-electron chi connectivity index (χ1n) is 9.14. The Morgan fingerprint density at radius 3 is 2.54 bits per heavy atom. The molecule has 0 saturated heterocycles. The van der Waals surface area contributed by atoms with Crippen molar-refractivity contribution in [1.82, 2.24) is 14.6 Å². The predicted molar refractivity (Wildman–Crippen MR) is 112 cm³/mol. The van der Waals surface area contributed by atoms with Gasteiger partial charge in [-0.3, -0.25) is 4.79 Å². The molecule has 0 aliphatic carbocycles. The third-order valence-electron chi connectivity index (χ3n) is 4.54. The minimum absolute atomic E-state index is 0.105. The number of rotatable bonds is 5. The number of para-hydroxylation sites is 1. The van der Waals surface area contributed by atoms with Gasteiger partial charge in [-0.15, -0.1) is 0 Å². The third-order valence-corrected chi connectivity index (χ3v) is 4.79. The smallest absolute Gasteiger partial charge is 0.277 e. The van der Waals surface area contributed by atoms with E-state index in [0.717, 1.165) is 23.2 Å². The molecule has 2 heterocycles. The summed E-state index contributed by atoms with van der Waals surface area (Å²) in [6.07, 6.45) is 4.23. The summed E-state index contributed by atoms with van der Waals surface area (Å²) >= 11 is 5.99. The molecule has 4 aromatic rings. The maximum Gasteiger partial charge on any atom is 0.277 e. The highest BCUT2D eigenvalue weighted by Crippen LogP contribution is 2.26. The predicted octanol–water partition coefficient (Wildman–Crippen LogP) is 5.11. The highest BCUT2D eigenvalue weighted by atomic mass is 35.5. The summed E-state index contributed by atoms with van der Waals surface area (Å²) in [6, 6.07) is 18.9. The number of aromatic nitrogens is 3. The number of fused-ring (bicyclic) bond motifs is 1. The van der Waals surface area contributed by atoms with Crippen LogP contribution >= 0.6 is 11.6 Å². The van der Waals surface area contributed by atoms with Gasteiger partial charge in [-0.2, -0.15) is 5.10 Å². The summed E-state index contributed by atoms with van der Waals surface area (Å²) in [5.74, 6) is -0.105. The van der Waals surface area contributed by atoms with Crippen LogP contribution in [-0.4, -0.2) is 27.0 Å². The molecule has 0 atom stereocenters. The summed E-state index contributed by atoms with van der Waals surface area (Å²) in [6.45, 7) is 2.68. The van der Waals surface area contributed by atoms with Crippen molar-refractivity contribution >= 4 is 28.8 Å². The van der Waals surface area contributed by atoms with E-state index in [2.05, 4.69) is 17.0 Å². The number of hydrogen-bond donors (Lipinski definition) is 0. The molecule has 0 saturated carbocycles. The molecule has 5 nitrogen and oxygen atoms in total. The molecule has 28 heavy (non-hydrogen) atoms. The lowest BCUT2D eigenvalue weighted by atomic mass is 10.1. The van der Waals surface area contributed by atoms with Crippen LogP contribution in [0.4, 0.5) is 5.69 Å². The lowest BCUT2D eigenvalue weighted by molar-refractivity contribution is 0.0979. The van der Waals surface area contributed by atoms with Gasteiger partial charge in [0.05, 0.1) is 6.20 Å². The van der Waals surface area contributed by atoms with Crippen LogP contribution in [-0.2, 0) is 0 Å². The van der Waals surface area contributed by atoms with E-state index in [4.69, 9.17) is 11.6 Å². The van der Waals surface area contributed by atoms with Crippen LogP contribution in [0.3, 0.4) is 0 Å². The minimum atomic E-state index is -0.105. The molecular formula is C22H19ClN4O. The molecule has 6 heteroatoms. The fourth-order valence-corrected chi connectivity index (χ4v) is 3.33. The number of carbonyl (C=O) groups is 1. The molecule has 0 radical (unpaired) electrons. The van der Waals surface area contributed by atoms with Gasteiger partial charge in [-0.05, 0) is 42.3 Å². The van der Waals surface area contributed by atoms with Crippen LogP contribution in [0.2, 0.25) is 5.02 Å². The van der Waals surface area contributed by atoms with Gasteiger partial charge in [0.1, 0.15) is 5.69 Å². The first-order valence-corrected chi connectivity index (χ1v) is 9.52. The number of anilines is 1. The zero-order chi connectivity index (χ0) is 19.5. The number of hydrogen-bond acceptors (Lipinski definition) is 3. The first kappa shape index (κ1) is 18.2. The molecule has 2 aromatic heterocycles. The Labute approximate surface area is 168 Å².